The number of carbonyl (C=O) groups excluding carboxylic acids is 4. The van der Waals surface area contributed by atoms with Gasteiger partial charge >= 0.3 is 12.1 Å². The average Bonchev–Trinajstić information content (AvgIpc) is 4.20. The van der Waals surface area contributed by atoms with E-state index in [9.17, 15) is 19.2 Å². The van der Waals surface area contributed by atoms with E-state index in [1.54, 1.807) is 0 Å². The molecule has 9 rings (SSSR count). The number of aromatic nitrogens is 6. The number of rotatable bonds is 13. The van der Waals surface area contributed by atoms with Crippen molar-refractivity contribution in [1.29, 1.82) is 0 Å². The standard InChI is InChI=1S/C50H65N11O6/c1-29(2)34(26-43(62)66-5)47(63)59-22-10-12-41(59)45-53-35-16-14-31(24-37(35)55-45)39-18-19-40(61(39)33-27-51-49(52-28-33)58-20-8-7-9-21-58)32-15-17-36-38(25-32)56-46(54-36)42-13-11-23-60(42)48(64)44(30(3)4)57-50(65)67-6/h14-17,24-25,27-30,34,39-42,44H,7-13,18-23,26H2,1-6H3,(H,53,55)(H,54,56)(H,57,65)/t34-,39+,40+,41-,42-,44-/m0/s1. The molecule has 4 aliphatic heterocycles. The Morgan fingerprint density at radius 1 is 0.672 bits per heavy atom. The second-order valence-electron chi connectivity index (χ2n) is 19.5. The topological polar surface area (TPSA) is 195 Å². The number of hydrogen-bond acceptors (Lipinski definition) is 12. The lowest BCUT2D eigenvalue weighted by Gasteiger charge is -2.33. The van der Waals surface area contributed by atoms with E-state index in [1.165, 1.54) is 20.6 Å². The van der Waals surface area contributed by atoms with Crippen molar-refractivity contribution < 1.29 is 28.7 Å². The number of aromatic amines is 2. The zero-order valence-corrected chi connectivity index (χ0v) is 39.7. The van der Waals surface area contributed by atoms with Gasteiger partial charge in [0.2, 0.25) is 17.8 Å². The number of methoxy groups -OCH3 is 2. The Balaban J connectivity index is 1.01. The summed E-state index contributed by atoms with van der Waals surface area (Å²) in [6, 6.07) is 11.7. The van der Waals surface area contributed by atoms with Gasteiger partial charge in [0, 0.05) is 26.2 Å². The summed E-state index contributed by atoms with van der Waals surface area (Å²) >= 11 is 0. The number of imidazole rings is 2. The first-order chi connectivity index (χ1) is 32.4. The molecular weight excluding hydrogens is 851 g/mol. The Hall–Kier alpha value is -6.26. The molecule has 3 amide bonds. The van der Waals surface area contributed by atoms with Gasteiger partial charge in [-0.1, -0.05) is 39.8 Å². The first-order valence-electron chi connectivity index (χ1n) is 24.3. The highest BCUT2D eigenvalue weighted by Gasteiger charge is 2.41. The van der Waals surface area contributed by atoms with Gasteiger partial charge in [0.25, 0.3) is 0 Å². The maximum absolute atomic E-state index is 14.0. The SMILES string of the molecule is COC(=O)C[C@H](C(=O)N1CCC[C@H]1c1nc2ccc([C@H]3CC[C@H](c4ccc5nc([C@@H]6CCCN6C(=O)[C@@H](NC(=O)OC)C(C)C)[nH]c5c4)N3c3cnc(N4CCCCC4)nc3)cc2[nH]1)C(C)C. The van der Waals surface area contributed by atoms with Crippen LogP contribution in [0.3, 0.4) is 0 Å². The van der Waals surface area contributed by atoms with Crippen LogP contribution < -0.4 is 15.1 Å². The predicted octanol–water partition coefficient (Wildman–Crippen LogP) is 7.85. The Bertz CT molecular complexity index is 2440. The van der Waals surface area contributed by atoms with Gasteiger partial charge in [-0.05, 0) is 105 Å². The van der Waals surface area contributed by atoms with Crippen LogP contribution in [0.1, 0.15) is 139 Å². The van der Waals surface area contributed by atoms with Crippen LogP contribution in [0, 0.1) is 17.8 Å². The molecule has 0 saturated carbocycles. The molecular formula is C50H65N11O6. The molecule has 6 atom stereocenters. The molecule has 67 heavy (non-hydrogen) atoms. The third kappa shape index (κ3) is 9.25. The maximum Gasteiger partial charge on any atom is 0.407 e. The second-order valence-corrected chi connectivity index (χ2v) is 19.5. The first kappa shape index (κ1) is 45.9. The number of nitrogens with one attached hydrogen (secondary N) is 3. The van der Waals surface area contributed by atoms with Gasteiger partial charge in [0.15, 0.2) is 0 Å². The van der Waals surface area contributed by atoms with Gasteiger partial charge in [-0.25, -0.2) is 24.7 Å². The maximum atomic E-state index is 14.0. The summed E-state index contributed by atoms with van der Waals surface area (Å²) in [5, 5.41) is 2.74. The van der Waals surface area contributed by atoms with E-state index < -0.39 is 18.1 Å². The smallest absolute Gasteiger partial charge is 0.407 e. The third-order valence-electron chi connectivity index (χ3n) is 14.6. The van der Waals surface area contributed by atoms with E-state index in [4.69, 9.17) is 29.4 Å². The number of nitrogens with zero attached hydrogens (tertiary/aromatic N) is 8. The molecule has 17 nitrogen and oxygen atoms in total. The number of anilines is 2. The number of hydrogen-bond donors (Lipinski definition) is 3. The highest BCUT2D eigenvalue weighted by atomic mass is 16.5. The van der Waals surface area contributed by atoms with Crippen molar-refractivity contribution in [2.45, 2.75) is 122 Å². The van der Waals surface area contributed by atoms with E-state index in [-0.39, 0.29) is 60.2 Å². The zero-order chi connectivity index (χ0) is 46.9. The summed E-state index contributed by atoms with van der Waals surface area (Å²) in [5.41, 5.74) is 6.69. The Morgan fingerprint density at radius 3 is 1.73 bits per heavy atom. The van der Waals surface area contributed by atoms with Crippen molar-refractivity contribution in [3.05, 3.63) is 71.6 Å². The van der Waals surface area contributed by atoms with E-state index in [0.29, 0.717) is 13.1 Å². The third-order valence-corrected chi connectivity index (χ3v) is 14.6. The number of benzene rings is 2. The van der Waals surface area contributed by atoms with E-state index >= 15 is 0 Å². The molecule has 2 aromatic carbocycles. The van der Waals surface area contributed by atoms with E-state index in [2.05, 4.69) is 61.5 Å². The number of piperidine rings is 1. The highest BCUT2D eigenvalue weighted by Crippen LogP contribution is 2.48. The predicted molar refractivity (Wildman–Crippen MR) is 254 cm³/mol. The molecule has 0 radical (unpaired) electrons. The fourth-order valence-electron chi connectivity index (χ4n) is 10.9. The lowest BCUT2D eigenvalue weighted by Crippen LogP contribution is -2.51. The second kappa shape index (κ2) is 19.5. The number of carbonyl (C=O) groups is 4. The summed E-state index contributed by atoms with van der Waals surface area (Å²) < 4.78 is 9.78. The fourth-order valence-corrected chi connectivity index (χ4v) is 10.9. The number of amides is 3. The molecule has 4 aliphatic rings. The number of ether oxygens (including phenoxy) is 2. The molecule has 7 heterocycles. The van der Waals surface area contributed by atoms with Crippen LogP contribution in [0.5, 0.6) is 0 Å². The first-order valence-corrected chi connectivity index (χ1v) is 24.3. The van der Waals surface area contributed by atoms with Crippen molar-refractivity contribution in [1.82, 2.24) is 45.0 Å². The van der Waals surface area contributed by atoms with E-state index in [1.807, 2.05) is 49.9 Å². The molecule has 0 unspecified atom stereocenters. The van der Waals surface area contributed by atoms with Crippen LogP contribution >= 0.6 is 0 Å². The minimum absolute atomic E-state index is 0.00106. The molecule has 0 spiro atoms. The highest BCUT2D eigenvalue weighted by molar-refractivity contribution is 5.87. The van der Waals surface area contributed by atoms with Crippen LogP contribution in [-0.4, -0.2) is 110 Å². The van der Waals surface area contributed by atoms with Crippen molar-refractivity contribution in [3.8, 4) is 0 Å². The minimum Gasteiger partial charge on any atom is -0.469 e. The molecule has 3 aromatic heterocycles. The summed E-state index contributed by atoms with van der Waals surface area (Å²) in [5.74, 6) is 1.10. The summed E-state index contributed by atoms with van der Waals surface area (Å²) in [4.78, 5) is 88.0. The van der Waals surface area contributed by atoms with Crippen LogP contribution in [-0.2, 0) is 23.9 Å². The normalized spacial score (nSPS) is 22.0. The van der Waals surface area contributed by atoms with Crippen LogP contribution in [0.15, 0.2) is 48.8 Å². The van der Waals surface area contributed by atoms with Gasteiger partial charge in [0.05, 0.1) is 90.9 Å². The van der Waals surface area contributed by atoms with Crippen LogP contribution in [0.2, 0.25) is 0 Å². The molecule has 356 valence electrons. The number of likely N-dealkylation sites (tertiary alicyclic amines) is 2. The average molecular weight is 916 g/mol. The number of H-pyrrole nitrogens is 2. The summed E-state index contributed by atoms with van der Waals surface area (Å²) in [6.07, 6.45) is 11.9. The zero-order valence-electron chi connectivity index (χ0n) is 39.7. The molecule has 4 saturated heterocycles. The largest absolute Gasteiger partial charge is 0.469 e. The number of esters is 1. The monoisotopic (exact) mass is 916 g/mol. The quantitative estimate of drug-likeness (QED) is 0.0970. The summed E-state index contributed by atoms with van der Waals surface area (Å²) in [6.45, 7) is 10.9. The Labute approximate surface area is 391 Å². The van der Waals surface area contributed by atoms with Crippen molar-refractivity contribution in [2.24, 2.45) is 17.8 Å². The molecule has 17 heteroatoms. The lowest BCUT2D eigenvalue weighted by molar-refractivity contribution is -0.148. The summed E-state index contributed by atoms with van der Waals surface area (Å²) in [7, 11) is 2.66. The van der Waals surface area contributed by atoms with Gasteiger partial charge < -0.3 is 44.4 Å². The molecule has 4 fully saturated rings. The molecule has 5 aromatic rings. The van der Waals surface area contributed by atoms with Crippen molar-refractivity contribution in [2.75, 3.05) is 50.2 Å². The Kier molecular flexibility index (Phi) is 13.4. The Morgan fingerprint density at radius 2 is 1.22 bits per heavy atom. The van der Waals surface area contributed by atoms with Crippen LogP contribution in [0.25, 0.3) is 22.1 Å². The fraction of sp³-hybridized carbons (Fsp3) is 0.560. The number of fused-ring (bicyclic) bond motifs is 2. The van der Waals surface area contributed by atoms with Gasteiger partial charge in [-0.2, -0.15) is 0 Å². The van der Waals surface area contributed by atoms with Crippen molar-refractivity contribution >= 4 is 57.6 Å². The van der Waals surface area contributed by atoms with Gasteiger partial charge in [-0.15, -0.1) is 0 Å². The molecule has 0 aliphatic carbocycles. The lowest BCUT2D eigenvalue weighted by atomic mass is 9.91. The minimum atomic E-state index is -0.712. The van der Waals surface area contributed by atoms with Gasteiger partial charge in [0.1, 0.15) is 17.7 Å². The molecule has 0 bridgehead atoms. The van der Waals surface area contributed by atoms with E-state index in [0.717, 1.165) is 121 Å². The van der Waals surface area contributed by atoms with Crippen LogP contribution in [0.4, 0.5) is 16.4 Å². The molecule has 3 N–H and O–H groups in total. The van der Waals surface area contributed by atoms with Crippen molar-refractivity contribution in [3.63, 3.8) is 0 Å². The number of alkyl carbamates (subject to hydrolysis) is 1. The van der Waals surface area contributed by atoms with Gasteiger partial charge in [-0.3, -0.25) is 14.4 Å².